The first-order chi connectivity index (χ1) is 9.61. The van der Waals surface area contributed by atoms with Gasteiger partial charge in [0.05, 0.1) is 30.8 Å². The number of hydrogen-bond donors (Lipinski definition) is 1. The van der Waals surface area contributed by atoms with Gasteiger partial charge in [-0.05, 0) is 6.07 Å². The molecule has 1 rings (SSSR count). The summed E-state index contributed by atoms with van der Waals surface area (Å²) in [5.74, 6) is -0.135. The van der Waals surface area contributed by atoms with Crippen molar-refractivity contribution in [2.75, 3.05) is 32.7 Å². The van der Waals surface area contributed by atoms with Gasteiger partial charge < -0.3 is 14.8 Å². The second-order valence-corrected chi connectivity index (χ2v) is 4.05. The van der Waals surface area contributed by atoms with Crippen LogP contribution < -0.4 is 10.1 Å². The standard InChI is InChI=1S/C12H15ClN2O5/c1-19-11-9(3-2-4-10(11)15(17)18)12(16)14-6-8-20-7-5-13/h2-4H,5-8H2,1H3,(H,14,16). The maximum absolute atomic E-state index is 11.9. The number of nitro groups is 1. The van der Waals surface area contributed by atoms with Crippen LogP contribution in [0.2, 0.25) is 0 Å². The van der Waals surface area contributed by atoms with Crippen LogP contribution in [0.25, 0.3) is 0 Å². The molecule has 1 N–H and O–H groups in total. The second kappa shape index (κ2) is 8.34. The largest absolute Gasteiger partial charge is 0.490 e. The van der Waals surface area contributed by atoms with E-state index >= 15 is 0 Å². The molecule has 0 atom stereocenters. The molecule has 0 saturated carbocycles. The molecule has 8 heteroatoms. The van der Waals surface area contributed by atoms with E-state index in [4.69, 9.17) is 21.1 Å². The van der Waals surface area contributed by atoms with E-state index in [1.54, 1.807) is 0 Å². The van der Waals surface area contributed by atoms with Crippen LogP contribution in [-0.2, 0) is 4.74 Å². The van der Waals surface area contributed by atoms with Crippen LogP contribution in [-0.4, -0.2) is 43.6 Å². The number of ether oxygens (including phenoxy) is 2. The molecule has 20 heavy (non-hydrogen) atoms. The first-order valence-electron chi connectivity index (χ1n) is 5.85. The van der Waals surface area contributed by atoms with Gasteiger partial charge in [-0.15, -0.1) is 11.6 Å². The van der Waals surface area contributed by atoms with E-state index in [9.17, 15) is 14.9 Å². The Bertz CT molecular complexity index is 481. The predicted molar refractivity (Wildman–Crippen MR) is 73.5 cm³/mol. The van der Waals surface area contributed by atoms with Crippen molar-refractivity contribution in [1.82, 2.24) is 5.32 Å². The highest BCUT2D eigenvalue weighted by Gasteiger charge is 2.22. The SMILES string of the molecule is COc1c(C(=O)NCCOCCCl)cccc1[N+](=O)[O-]. The smallest absolute Gasteiger partial charge is 0.311 e. The summed E-state index contributed by atoms with van der Waals surface area (Å²) in [5.41, 5.74) is -0.141. The summed E-state index contributed by atoms with van der Waals surface area (Å²) in [6.45, 7) is 0.995. The van der Waals surface area contributed by atoms with Crippen LogP contribution in [0.1, 0.15) is 10.4 Å². The van der Waals surface area contributed by atoms with Crippen LogP contribution in [0.5, 0.6) is 5.75 Å². The van der Waals surface area contributed by atoms with Gasteiger partial charge in [-0.2, -0.15) is 0 Å². The van der Waals surface area contributed by atoms with Gasteiger partial charge in [0.2, 0.25) is 5.75 Å². The molecule has 0 unspecified atom stereocenters. The Labute approximate surface area is 121 Å². The van der Waals surface area contributed by atoms with E-state index < -0.39 is 10.8 Å². The minimum Gasteiger partial charge on any atom is -0.490 e. The summed E-state index contributed by atoms with van der Waals surface area (Å²) in [6, 6.07) is 4.17. The minimum atomic E-state index is -0.598. The van der Waals surface area contributed by atoms with Crippen molar-refractivity contribution >= 4 is 23.2 Å². The molecule has 0 bridgehead atoms. The molecule has 0 aliphatic carbocycles. The molecule has 0 radical (unpaired) electrons. The van der Waals surface area contributed by atoms with Crippen molar-refractivity contribution in [1.29, 1.82) is 0 Å². The Morgan fingerprint density at radius 3 is 2.80 bits per heavy atom. The van der Waals surface area contributed by atoms with Gasteiger partial charge in [-0.1, -0.05) is 6.07 Å². The summed E-state index contributed by atoms with van der Waals surface area (Å²) < 4.78 is 10.1. The third-order valence-electron chi connectivity index (χ3n) is 2.39. The Morgan fingerprint density at radius 1 is 1.45 bits per heavy atom. The Morgan fingerprint density at radius 2 is 2.20 bits per heavy atom. The van der Waals surface area contributed by atoms with Crippen LogP contribution in [0, 0.1) is 10.1 Å². The lowest BCUT2D eigenvalue weighted by Gasteiger charge is -2.09. The van der Waals surface area contributed by atoms with Crippen molar-refractivity contribution in [2.24, 2.45) is 0 Å². The first-order valence-corrected chi connectivity index (χ1v) is 6.38. The number of methoxy groups -OCH3 is 1. The quantitative estimate of drug-likeness (QED) is 0.341. The van der Waals surface area contributed by atoms with Gasteiger partial charge in [0.25, 0.3) is 5.91 Å². The highest BCUT2D eigenvalue weighted by Crippen LogP contribution is 2.30. The average molecular weight is 303 g/mol. The zero-order valence-corrected chi connectivity index (χ0v) is 11.7. The summed E-state index contributed by atoms with van der Waals surface area (Å²) in [4.78, 5) is 22.2. The number of benzene rings is 1. The van der Waals surface area contributed by atoms with Crippen LogP contribution in [0.4, 0.5) is 5.69 Å². The van der Waals surface area contributed by atoms with Gasteiger partial charge in [-0.3, -0.25) is 14.9 Å². The number of halogens is 1. The van der Waals surface area contributed by atoms with Crippen molar-refractivity contribution in [2.45, 2.75) is 0 Å². The number of amides is 1. The molecule has 1 amide bonds. The highest BCUT2D eigenvalue weighted by molar-refractivity contribution is 6.17. The number of nitrogens with one attached hydrogen (secondary N) is 1. The summed E-state index contributed by atoms with van der Waals surface area (Å²) >= 11 is 5.43. The first kappa shape index (κ1) is 16.2. The fraction of sp³-hybridized carbons (Fsp3) is 0.417. The van der Waals surface area contributed by atoms with E-state index in [2.05, 4.69) is 5.32 Å². The molecular weight excluding hydrogens is 288 g/mol. The fourth-order valence-electron chi connectivity index (χ4n) is 1.55. The number of nitro benzene ring substituents is 1. The van der Waals surface area contributed by atoms with E-state index in [1.165, 1.54) is 25.3 Å². The number of para-hydroxylation sites is 1. The summed E-state index contributed by atoms with van der Waals surface area (Å²) in [5, 5.41) is 13.4. The third-order valence-corrected chi connectivity index (χ3v) is 2.55. The lowest BCUT2D eigenvalue weighted by atomic mass is 10.1. The molecule has 0 saturated heterocycles. The summed E-state index contributed by atoms with van der Waals surface area (Å²) in [6.07, 6.45) is 0. The Hall–Kier alpha value is -1.86. The normalized spacial score (nSPS) is 10.1. The van der Waals surface area contributed by atoms with Gasteiger partial charge in [0.1, 0.15) is 0 Å². The van der Waals surface area contributed by atoms with E-state index in [-0.39, 0.29) is 23.5 Å². The van der Waals surface area contributed by atoms with Crippen LogP contribution in [0.15, 0.2) is 18.2 Å². The number of rotatable bonds is 8. The van der Waals surface area contributed by atoms with Crippen LogP contribution >= 0.6 is 11.6 Å². The number of alkyl halides is 1. The topological polar surface area (TPSA) is 90.7 Å². The maximum Gasteiger partial charge on any atom is 0.311 e. The van der Waals surface area contributed by atoms with Gasteiger partial charge in [0, 0.05) is 18.5 Å². The summed E-state index contributed by atoms with van der Waals surface area (Å²) in [7, 11) is 1.28. The molecule has 0 spiro atoms. The minimum absolute atomic E-state index is 0.0586. The van der Waals surface area contributed by atoms with Crippen molar-refractivity contribution in [3.05, 3.63) is 33.9 Å². The zero-order chi connectivity index (χ0) is 15.0. The predicted octanol–water partition coefficient (Wildman–Crippen LogP) is 1.59. The average Bonchev–Trinajstić information content (AvgIpc) is 2.45. The third kappa shape index (κ3) is 4.36. The lowest BCUT2D eigenvalue weighted by molar-refractivity contribution is -0.385. The second-order valence-electron chi connectivity index (χ2n) is 3.67. The highest BCUT2D eigenvalue weighted by atomic mass is 35.5. The van der Waals surface area contributed by atoms with E-state index in [0.717, 1.165) is 0 Å². The molecule has 0 heterocycles. The molecule has 1 aromatic carbocycles. The lowest BCUT2D eigenvalue weighted by Crippen LogP contribution is -2.28. The fourth-order valence-corrected chi connectivity index (χ4v) is 1.66. The molecule has 7 nitrogen and oxygen atoms in total. The monoisotopic (exact) mass is 302 g/mol. The van der Waals surface area contributed by atoms with Crippen LogP contribution in [0.3, 0.4) is 0 Å². The van der Waals surface area contributed by atoms with E-state index in [1.807, 2.05) is 0 Å². The Kier molecular flexibility index (Phi) is 6.75. The molecular formula is C12H15ClN2O5. The van der Waals surface area contributed by atoms with Crippen molar-refractivity contribution < 1.29 is 19.2 Å². The number of nitrogens with zero attached hydrogens (tertiary/aromatic N) is 1. The molecule has 1 aromatic rings. The van der Waals surface area contributed by atoms with Gasteiger partial charge in [0.15, 0.2) is 0 Å². The molecule has 110 valence electrons. The maximum atomic E-state index is 11.9. The van der Waals surface area contributed by atoms with E-state index in [0.29, 0.717) is 19.1 Å². The van der Waals surface area contributed by atoms with Gasteiger partial charge in [-0.25, -0.2) is 0 Å². The zero-order valence-electron chi connectivity index (χ0n) is 10.9. The number of carbonyl (C=O) groups is 1. The Balaban J connectivity index is 2.72. The molecule has 0 fully saturated rings. The van der Waals surface area contributed by atoms with Crippen molar-refractivity contribution in [3.63, 3.8) is 0 Å². The molecule has 0 aliphatic heterocycles. The molecule has 0 aliphatic rings. The number of carbonyl (C=O) groups excluding carboxylic acids is 1. The van der Waals surface area contributed by atoms with Gasteiger partial charge >= 0.3 is 5.69 Å². The molecule has 0 aromatic heterocycles. The number of hydrogen-bond acceptors (Lipinski definition) is 5. The van der Waals surface area contributed by atoms with Crippen molar-refractivity contribution in [3.8, 4) is 5.75 Å².